The second kappa shape index (κ2) is 5.85. The Kier molecular flexibility index (Phi) is 3.90. The summed E-state index contributed by atoms with van der Waals surface area (Å²) in [6.45, 7) is 4.02. The Morgan fingerprint density at radius 1 is 1.23 bits per heavy atom. The fraction of sp³-hybridized carbons (Fsp3) is 0.353. The van der Waals surface area contributed by atoms with Crippen LogP contribution in [0.3, 0.4) is 0 Å². The Bertz CT molecular complexity index is 680. The maximum atomic E-state index is 12.9. The third-order valence-electron chi connectivity index (χ3n) is 3.98. The number of hydrogen-bond donors (Lipinski definition) is 1. The molecule has 1 atom stereocenters. The minimum Gasteiger partial charge on any atom is -0.455 e. The van der Waals surface area contributed by atoms with Gasteiger partial charge in [-0.1, -0.05) is 19.1 Å². The molecule has 0 aliphatic carbocycles. The van der Waals surface area contributed by atoms with E-state index < -0.39 is 0 Å². The molecular formula is C17H21N3O2. The average molecular weight is 299 g/mol. The minimum absolute atomic E-state index is 0.116. The van der Waals surface area contributed by atoms with E-state index >= 15 is 0 Å². The molecule has 1 aromatic carbocycles. The highest BCUT2D eigenvalue weighted by molar-refractivity contribution is 6.06. The van der Waals surface area contributed by atoms with Crippen molar-refractivity contribution >= 4 is 17.3 Å². The van der Waals surface area contributed by atoms with E-state index in [0.29, 0.717) is 30.5 Å². The maximum Gasteiger partial charge on any atom is 0.294 e. The summed E-state index contributed by atoms with van der Waals surface area (Å²) < 4.78 is 5.54. The highest BCUT2D eigenvalue weighted by Crippen LogP contribution is 2.33. The van der Waals surface area contributed by atoms with Crippen molar-refractivity contribution in [2.24, 2.45) is 11.7 Å². The first-order chi connectivity index (χ1) is 10.6. The first kappa shape index (κ1) is 14.7. The Hall–Kier alpha value is -2.27. The van der Waals surface area contributed by atoms with Crippen LogP contribution < -0.4 is 15.5 Å². The minimum atomic E-state index is -0.116. The summed E-state index contributed by atoms with van der Waals surface area (Å²) in [6.07, 6.45) is 0. The molecule has 22 heavy (non-hydrogen) atoms. The number of hydrogen-bond acceptors (Lipinski definition) is 4. The number of carbonyl (C=O) groups is 1. The van der Waals surface area contributed by atoms with E-state index in [1.54, 1.807) is 12.1 Å². The standard InChI is InChI=1S/C17H21N3O2/c1-12-10-19(2)14-5-3-4-6-15(14)20(11-12)17(21)16-8-7-13(9-18)22-16/h3-8,12H,9-11,18H2,1-2H3/t12-/m1/s1. The quantitative estimate of drug-likeness (QED) is 0.925. The van der Waals surface area contributed by atoms with Crippen molar-refractivity contribution in [3.63, 3.8) is 0 Å². The predicted octanol–water partition coefficient (Wildman–Crippen LogP) is 2.47. The van der Waals surface area contributed by atoms with Gasteiger partial charge < -0.3 is 20.0 Å². The lowest BCUT2D eigenvalue weighted by Crippen LogP contribution is -2.34. The van der Waals surface area contributed by atoms with E-state index in [0.717, 1.165) is 17.9 Å². The topological polar surface area (TPSA) is 62.7 Å². The van der Waals surface area contributed by atoms with E-state index in [4.69, 9.17) is 10.2 Å². The Balaban J connectivity index is 2.00. The van der Waals surface area contributed by atoms with Crippen molar-refractivity contribution < 1.29 is 9.21 Å². The van der Waals surface area contributed by atoms with Crippen molar-refractivity contribution in [2.45, 2.75) is 13.5 Å². The molecule has 0 radical (unpaired) electrons. The van der Waals surface area contributed by atoms with Crippen LogP contribution in [0.2, 0.25) is 0 Å². The first-order valence-electron chi connectivity index (χ1n) is 7.51. The van der Waals surface area contributed by atoms with Crippen LogP contribution in [-0.2, 0) is 6.54 Å². The molecule has 0 saturated heterocycles. The Morgan fingerprint density at radius 3 is 2.64 bits per heavy atom. The molecule has 1 amide bonds. The van der Waals surface area contributed by atoms with Gasteiger partial charge in [0.1, 0.15) is 5.76 Å². The van der Waals surface area contributed by atoms with Crippen molar-refractivity contribution in [1.82, 2.24) is 0 Å². The monoisotopic (exact) mass is 299 g/mol. The van der Waals surface area contributed by atoms with Crippen LogP contribution in [0.4, 0.5) is 11.4 Å². The van der Waals surface area contributed by atoms with Gasteiger partial charge in [0.05, 0.1) is 17.9 Å². The van der Waals surface area contributed by atoms with Gasteiger partial charge in [0.2, 0.25) is 0 Å². The molecule has 0 bridgehead atoms. The molecule has 0 fully saturated rings. The lowest BCUT2D eigenvalue weighted by molar-refractivity contribution is 0.0956. The molecule has 1 aliphatic rings. The summed E-state index contributed by atoms with van der Waals surface area (Å²) in [6, 6.07) is 11.4. The third-order valence-corrected chi connectivity index (χ3v) is 3.98. The van der Waals surface area contributed by atoms with E-state index in [1.165, 1.54) is 0 Å². The molecular weight excluding hydrogens is 278 g/mol. The van der Waals surface area contributed by atoms with E-state index in [2.05, 4.69) is 18.9 Å². The lowest BCUT2D eigenvalue weighted by atomic mass is 10.1. The molecule has 0 unspecified atom stereocenters. The second-order valence-electron chi connectivity index (χ2n) is 5.86. The van der Waals surface area contributed by atoms with Gasteiger partial charge in [-0.15, -0.1) is 0 Å². The summed E-state index contributed by atoms with van der Waals surface area (Å²) in [5.74, 6) is 1.21. The first-order valence-corrected chi connectivity index (χ1v) is 7.51. The van der Waals surface area contributed by atoms with Crippen LogP contribution in [0.1, 0.15) is 23.2 Å². The number of benzene rings is 1. The summed E-state index contributed by atoms with van der Waals surface area (Å²) >= 11 is 0. The summed E-state index contributed by atoms with van der Waals surface area (Å²) in [5, 5.41) is 0. The molecule has 5 heteroatoms. The van der Waals surface area contributed by atoms with Crippen molar-refractivity contribution in [1.29, 1.82) is 0 Å². The van der Waals surface area contributed by atoms with Gasteiger partial charge in [-0.2, -0.15) is 0 Å². The van der Waals surface area contributed by atoms with Crippen LogP contribution in [0, 0.1) is 5.92 Å². The number of nitrogens with zero attached hydrogens (tertiary/aromatic N) is 2. The lowest BCUT2D eigenvalue weighted by Gasteiger charge is -2.23. The number of anilines is 2. The molecule has 1 aromatic heterocycles. The largest absolute Gasteiger partial charge is 0.455 e. The van der Waals surface area contributed by atoms with Crippen LogP contribution >= 0.6 is 0 Å². The predicted molar refractivity (Wildman–Crippen MR) is 87.2 cm³/mol. The highest BCUT2D eigenvalue weighted by atomic mass is 16.4. The van der Waals surface area contributed by atoms with E-state index in [9.17, 15) is 4.79 Å². The number of amides is 1. The van der Waals surface area contributed by atoms with Crippen LogP contribution in [0.25, 0.3) is 0 Å². The summed E-state index contributed by atoms with van der Waals surface area (Å²) in [5.41, 5.74) is 7.54. The zero-order valence-corrected chi connectivity index (χ0v) is 13.0. The van der Waals surface area contributed by atoms with Crippen LogP contribution in [-0.4, -0.2) is 26.0 Å². The zero-order valence-electron chi connectivity index (χ0n) is 13.0. The number of furan rings is 1. The fourth-order valence-corrected chi connectivity index (χ4v) is 2.98. The molecule has 2 heterocycles. The molecule has 3 rings (SSSR count). The van der Waals surface area contributed by atoms with Gasteiger partial charge in [-0.05, 0) is 30.2 Å². The molecule has 0 saturated carbocycles. The Labute approximate surface area is 130 Å². The van der Waals surface area contributed by atoms with Gasteiger partial charge in [0, 0.05) is 20.1 Å². The van der Waals surface area contributed by atoms with Gasteiger partial charge in [-0.25, -0.2) is 0 Å². The van der Waals surface area contributed by atoms with Gasteiger partial charge in [0.15, 0.2) is 5.76 Å². The number of nitrogens with two attached hydrogens (primary N) is 1. The van der Waals surface area contributed by atoms with Crippen molar-refractivity contribution in [3.8, 4) is 0 Å². The normalized spacial score (nSPS) is 18.0. The Morgan fingerprint density at radius 2 is 1.95 bits per heavy atom. The average Bonchev–Trinajstić information content (AvgIpc) is 2.96. The molecule has 2 N–H and O–H groups in total. The number of fused-ring (bicyclic) bond motifs is 1. The SMILES string of the molecule is C[C@@H]1CN(C)c2ccccc2N(C(=O)c2ccc(CN)o2)C1. The van der Waals surface area contributed by atoms with E-state index in [1.807, 2.05) is 29.2 Å². The highest BCUT2D eigenvalue weighted by Gasteiger charge is 2.28. The van der Waals surface area contributed by atoms with E-state index in [-0.39, 0.29) is 5.91 Å². The number of rotatable bonds is 2. The van der Waals surface area contributed by atoms with Crippen molar-refractivity contribution in [3.05, 3.63) is 47.9 Å². The summed E-state index contributed by atoms with van der Waals surface area (Å²) in [7, 11) is 2.06. The van der Waals surface area contributed by atoms with Gasteiger partial charge >= 0.3 is 0 Å². The summed E-state index contributed by atoms with van der Waals surface area (Å²) in [4.78, 5) is 16.9. The van der Waals surface area contributed by atoms with Crippen molar-refractivity contribution in [2.75, 3.05) is 29.9 Å². The fourth-order valence-electron chi connectivity index (χ4n) is 2.98. The second-order valence-corrected chi connectivity index (χ2v) is 5.86. The zero-order chi connectivity index (χ0) is 15.7. The van der Waals surface area contributed by atoms with Crippen LogP contribution in [0.15, 0.2) is 40.8 Å². The van der Waals surface area contributed by atoms with Gasteiger partial charge in [-0.3, -0.25) is 4.79 Å². The molecule has 116 valence electrons. The molecule has 5 nitrogen and oxygen atoms in total. The molecule has 2 aromatic rings. The van der Waals surface area contributed by atoms with Crippen LogP contribution in [0.5, 0.6) is 0 Å². The number of carbonyl (C=O) groups excluding carboxylic acids is 1. The maximum absolute atomic E-state index is 12.9. The number of para-hydroxylation sites is 2. The molecule has 0 spiro atoms. The smallest absolute Gasteiger partial charge is 0.294 e. The van der Waals surface area contributed by atoms with Gasteiger partial charge in [0.25, 0.3) is 5.91 Å². The third kappa shape index (κ3) is 2.60. The molecule has 1 aliphatic heterocycles.